The van der Waals surface area contributed by atoms with Crippen molar-refractivity contribution in [3.8, 4) is 0 Å². The van der Waals surface area contributed by atoms with Crippen LogP contribution in [0, 0.1) is 0 Å². The zero-order valence-corrected chi connectivity index (χ0v) is 13.4. The first-order valence-electron chi connectivity index (χ1n) is 6.45. The third kappa shape index (κ3) is 2.06. The molecule has 0 aliphatic carbocycles. The highest BCUT2D eigenvalue weighted by Gasteiger charge is 2.45. The van der Waals surface area contributed by atoms with E-state index < -0.39 is 11.4 Å². The van der Waals surface area contributed by atoms with E-state index in [1.165, 1.54) is 10.9 Å². The van der Waals surface area contributed by atoms with Gasteiger partial charge in [0.05, 0.1) is 40.1 Å². The van der Waals surface area contributed by atoms with E-state index in [-0.39, 0.29) is 17.9 Å². The summed E-state index contributed by atoms with van der Waals surface area (Å²) in [6.07, 6.45) is 1.91. The molecule has 2 amide bonds. The molecule has 0 saturated carbocycles. The molecule has 0 bridgehead atoms. The first kappa shape index (κ1) is 14.2. The largest absolute Gasteiger partial charge is 0.283 e. The fourth-order valence-corrected chi connectivity index (χ4v) is 3.29. The number of carbonyl (C=O) groups excluding carboxylic acids is 2. The van der Waals surface area contributed by atoms with Gasteiger partial charge >= 0.3 is 0 Å². The molecule has 21 heavy (non-hydrogen) atoms. The Balaban J connectivity index is 2.20. The molecule has 2 aromatic rings. The van der Waals surface area contributed by atoms with Gasteiger partial charge in [0, 0.05) is 6.42 Å². The molecular formula is C14H12IN3O3. The summed E-state index contributed by atoms with van der Waals surface area (Å²) in [6, 6.07) is 7.00. The second-order valence-corrected chi connectivity index (χ2v) is 6.16. The lowest BCUT2D eigenvalue weighted by atomic mass is 9.90. The molecule has 0 unspecified atom stereocenters. The summed E-state index contributed by atoms with van der Waals surface area (Å²) in [5.74, 6) is -0.626. The zero-order valence-electron chi connectivity index (χ0n) is 11.2. The molecule has 6 nitrogen and oxygen atoms in total. The molecule has 1 atom stereocenters. The van der Waals surface area contributed by atoms with Gasteiger partial charge in [0.15, 0.2) is 0 Å². The van der Waals surface area contributed by atoms with Gasteiger partial charge in [0.25, 0.3) is 11.5 Å². The monoisotopic (exact) mass is 397 g/mol. The van der Waals surface area contributed by atoms with Gasteiger partial charge in [-0.15, -0.1) is 0 Å². The van der Waals surface area contributed by atoms with E-state index in [1.54, 1.807) is 54.1 Å². The van der Waals surface area contributed by atoms with Crippen LogP contribution in [0.4, 0.5) is 0 Å². The van der Waals surface area contributed by atoms with E-state index >= 15 is 0 Å². The Morgan fingerprint density at radius 2 is 1.95 bits per heavy atom. The summed E-state index contributed by atoms with van der Waals surface area (Å²) in [4.78, 5) is 40.9. The second-order valence-electron chi connectivity index (χ2n) is 5.19. The summed E-state index contributed by atoms with van der Waals surface area (Å²) < 4.78 is 2.40. The van der Waals surface area contributed by atoms with E-state index in [9.17, 15) is 14.4 Å². The summed E-state index contributed by atoms with van der Waals surface area (Å²) in [5.41, 5.74) is -0.757. The highest BCUT2D eigenvalue weighted by atomic mass is 127. The molecule has 3 rings (SSSR count). The van der Waals surface area contributed by atoms with Gasteiger partial charge in [-0.3, -0.25) is 19.0 Å². The molecule has 1 saturated heterocycles. The Hall–Kier alpha value is -1.77. The number of hydrogen-bond donors (Lipinski definition) is 0. The minimum absolute atomic E-state index is 0.227. The lowest BCUT2D eigenvalue weighted by molar-refractivity contribution is -0.147. The van der Waals surface area contributed by atoms with Crippen molar-refractivity contribution < 1.29 is 9.59 Å². The summed E-state index contributed by atoms with van der Waals surface area (Å²) in [5, 5.41) is 0.464. The number of imide groups is 1. The van der Waals surface area contributed by atoms with Crippen LogP contribution >= 0.6 is 22.9 Å². The van der Waals surface area contributed by atoms with Crippen LogP contribution in [0.1, 0.15) is 19.8 Å². The van der Waals surface area contributed by atoms with Crippen molar-refractivity contribution in [2.45, 2.75) is 25.3 Å². The minimum Gasteiger partial charge on any atom is -0.283 e. The van der Waals surface area contributed by atoms with E-state index in [4.69, 9.17) is 0 Å². The Kier molecular flexibility index (Phi) is 3.31. The predicted octanol–water partition coefficient (Wildman–Crippen LogP) is 1.61. The van der Waals surface area contributed by atoms with Crippen molar-refractivity contribution in [2.24, 2.45) is 0 Å². The average molecular weight is 397 g/mol. The van der Waals surface area contributed by atoms with Gasteiger partial charge in [0.1, 0.15) is 5.54 Å². The maximum atomic E-state index is 12.6. The molecule has 108 valence electrons. The normalized spacial score (nSPS) is 22.9. The van der Waals surface area contributed by atoms with Crippen molar-refractivity contribution in [1.29, 1.82) is 0 Å². The van der Waals surface area contributed by atoms with Crippen molar-refractivity contribution in [2.75, 3.05) is 0 Å². The number of rotatable bonds is 1. The second kappa shape index (κ2) is 4.90. The van der Waals surface area contributed by atoms with Crippen LogP contribution in [0.15, 0.2) is 35.4 Å². The molecule has 2 heterocycles. The quantitative estimate of drug-likeness (QED) is 0.417. The van der Waals surface area contributed by atoms with Crippen molar-refractivity contribution in [3.63, 3.8) is 0 Å². The number of benzene rings is 1. The Morgan fingerprint density at radius 1 is 1.24 bits per heavy atom. The highest BCUT2D eigenvalue weighted by Crippen LogP contribution is 2.31. The van der Waals surface area contributed by atoms with Gasteiger partial charge in [-0.1, -0.05) is 12.1 Å². The molecule has 0 radical (unpaired) electrons. The van der Waals surface area contributed by atoms with Crippen LogP contribution in [0.2, 0.25) is 0 Å². The molecule has 1 aliphatic heterocycles. The fourth-order valence-electron chi connectivity index (χ4n) is 2.52. The van der Waals surface area contributed by atoms with Gasteiger partial charge in [0.2, 0.25) is 5.91 Å². The molecule has 1 aromatic heterocycles. The van der Waals surface area contributed by atoms with E-state index in [0.29, 0.717) is 17.3 Å². The van der Waals surface area contributed by atoms with E-state index in [0.717, 1.165) is 3.11 Å². The maximum Gasteiger partial charge on any atom is 0.264 e. The maximum absolute atomic E-state index is 12.6. The predicted molar refractivity (Wildman–Crippen MR) is 84.8 cm³/mol. The van der Waals surface area contributed by atoms with Gasteiger partial charge in [-0.05, 0) is 25.5 Å². The number of amides is 2. The standard InChI is InChI=1S/C14H12IN3O3/c1-14(7-6-11(19)18(15)13(14)21)17-8-16-10-5-3-2-4-9(10)12(17)20/h2-5,8H,6-7H2,1H3/t14-/m0/s1. The lowest BCUT2D eigenvalue weighted by Crippen LogP contribution is -2.54. The topological polar surface area (TPSA) is 72.3 Å². The summed E-state index contributed by atoms with van der Waals surface area (Å²) in [6.45, 7) is 1.67. The van der Waals surface area contributed by atoms with Gasteiger partial charge in [-0.2, -0.15) is 0 Å². The number of halogens is 1. The number of para-hydroxylation sites is 1. The number of hydrogen-bond acceptors (Lipinski definition) is 4. The number of carbonyl (C=O) groups is 2. The molecule has 0 N–H and O–H groups in total. The van der Waals surface area contributed by atoms with E-state index in [2.05, 4.69) is 4.98 Å². The van der Waals surface area contributed by atoms with Crippen LogP contribution in [-0.4, -0.2) is 24.5 Å². The first-order chi connectivity index (χ1) is 9.95. The smallest absolute Gasteiger partial charge is 0.264 e. The van der Waals surface area contributed by atoms with Crippen molar-refractivity contribution in [1.82, 2.24) is 12.7 Å². The van der Waals surface area contributed by atoms with Crippen molar-refractivity contribution in [3.05, 3.63) is 40.9 Å². The highest BCUT2D eigenvalue weighted by molar-refractivity contribution is 14.1. The third-order valence-electron chi connectivity index (χ3n) is 3.88. The average Bonchev–Trinajstić information content (AvgIpc) is 2.50. The zero-order chi connectivity index (χ0) is 15.2. The Bertz CT molecular complexity index is 816. The third-order valence-corrected chi connectivity index (χ3v) is 4.86. The molecule has 1 aromatic carbocycles. The Morgan fingerprint density at radius 3 is 2.71 bits per heavy atom. The fraction of sp³-hybridized carbons (Fsp3) is 0.286. The molecule has 1 fully saturated rings. The molecule has 7 heteroatoms. The van der Waals surface area contributed by atoms with Crippen LogP contribution in [-0.2, 0) is 15.1 Å². The minimum atomic E-state index is -1.08. The molecule has 1 aliphatic rings. The molecule has 0 spiro atoms. The molecular weight excluding hydrogens is 385 g/mol. The summed E-state index contributed by atoms with van der Waals surface area (Å²) in [7, 11) is 0. The van der Waals surface area contributed by atoms with Crippen molar-refractivity contribution >= 4 is 45.6 Å². The number of piperidine rings is 1. The number of nitrogens with zero attached hydrogens (tertiary/aromatic N) is 3. The Labute approximate surface area is 134 Å². The SMILES string of the molecule is C[C@]1(n2cnc3ccccc3c2=O)CCC(=O)N(I)C1=O. The lowest BCUT2D eigenvalue weighted by Gasteiger charge is -2.36. The first-order valence-corrected chi connectivity index (χ1v) is 7.42. The van der Waals surface area contributed by atoms with Crippen LogP contribution < -0.4 is 5.56 Å². The van der Waals surface area contributed by atoms with Crippen LogP contribution in [0.25, 0.3) is 10.9 Å². The number of fused-ring (bicyclic) bond motifs is 1. The number of aromatic nitrogens is 2. The summed E-state index contributed by atoms with van der Waals surface area (Å²) >= 11 is 1.69. The van der Waals surface area contributed by atoms with Gasteiger partial charge < -0.3 is 0 Å². The van der Waals surface area contributed by atoms with Crippen LogP contribution in [0.5, 0.6) is 0 Å². The van der Waals surface area contributed by atoms with Crippen LogP contribution in [0.3, 0.4) is 0 Å². The van der Waals surface area contributed by atoms with E-state index in [1.807, 2.05) is 0 Å². The van der Waals surface area contributed by atoms with Gasteiger partial charge in [-0.25, -0.2) is 8.10 Å².